The van der Waals surface area contributed by atoms with Gasteiger partial charge in [-0.15, -0.1) is 11.3 Å². The van der Waals surface area contributed by atoms with E-state index in [0.717, 1.165) is 4.57 Å². The van der Waals surface area contributed by atoms with Crippen molar-refractivity contribution in [2.24, 2.45) is 0 Å². The maximum absolute atomic E-state index is 13.0. The summed E-state index contributed by atoms with van der Waals surface area (Å²) in [5, 5.41) is 4.47. The number of amides is 2. The van der Waals surface area contributed by atoms with Crippen molar-refractivity contribution in [2.45, 2.75) is 46.3 Å². The van der Waals surface area contributed by atoms with Crippen LogP contribution in [0.3, 0.4) is 0 Å². The molecular formula is C21H26N4O5S. The zero-order valence-electron chi connectivity index (χ0n) is 17.6. The number of carbonyl (C=O) groups excluding carboxylic acids is 2. The summed E-state index contributed by atoms with van der Waals surface area (Å²) in [6, 6.07) is 5.19. The molecule has 10 heteroatoms. The summed E-state index contributed by atoms with van der Waals surface area (Å²) < 4.78 is 8.06. The first-order valence-electron chi connectivity index (χ1n) is 10.2. The number of rotatable bonds is 10. The molecule has 3 heterocycles. The maximum atomic E-state index is 13.0. The lowest BCUT2D eigenvalue weighted by Crippen LogP contribution is -2.43. The summed E-state index contributed by atoms with van der Waals surface area (Å²) in [5.41, 5.74) is -0.460. The van der Waals surface area contributed by atoms with Gasteiger partial charge in [0.25, 0.3) is 5.56 Å². The van der Waals surface area contributed by atoms with Gasteiger partial charge >= 0.3 is 5.69 Å². The quantitative estimate of drug-likeness (QED) is 0.511. The predicted octanol–water partition coefficient (Wildman–Crippen LogP) is 1.78. The molecule has 166 valence electrons. The number of carbonyl (C=O) groups is 2. The average molecular weight is 447 g/mol. The number of hydrogen-bond acceptors (Lipinski definition) is 6. The van der Waals surface area contributed by atoms with Crippen LogP contribution in [0.5, 0.6) is 0 Å². The van der Waals surface area contributed by atoms with Gasteiger partial charge in [0.15, 0.2) is 0 Å². The molecule has 0 aliphatic carbocycles. The third-order valence-electron chi connectivity index (χ3n) is 5.07. The average Bonchev–Trinajstić information content (AvgIpc) is 3.45. The molecule has 0 aliphatic rings. The van der Waals surface area contributed by atoms with E-state index in [0.29, 0.717) is 35.5 Å². The lowest BCUT2D eigenvalue weighted by molar-refractivity contribution is -0.131. The molecule has 2 amide bonds. The molecule has 3 aromatic rings. The Labute approximate surface area is 182 Å². The Balaban J connectivity index is 1.74. The van der Waals surface area contributed by atoms with Crippen LogP contribution in [0.1, 0.15) is 32.4 Å². The fourth-order valence-corrected chi connectivity index (χ4v) is 4.22. The molecule has 0 spiro atoms. The van der Waals surface area contributed by atoms with Crippen LogP contribution in [0, 0.1) is 0 Å². The van der Waals surface area contributed by atoms with Crippen LogP contribution in [-0.2, 0) is 29.2 Å². The van der Waals surface area contributed by atoms with E-state index in [1.54, 1.807) is 28.5 Å². The molecule has 31 heavy (non-hydrogen) atoms. The maximum Gasteiger partial charge on any atom is 0.332 e. The molecule has 0 aromatic carbocycles. The van der Waals surface area contributed by atoms with Gasteiger partial charge in [-0.1, -0.05) is 0 Å². The number of likely N-dealkylation sites (N-methyl/N-ethyl adjacent to an activating group) is 1. The van der Waals surface area contributed by atoms with Crippen molar-refractivity contribution in [3.05, 3.63) is 56.4 Å². The Morgan fingerprint density at radius 1 is 1.16 bits per heavy atom. The molecule has 0 saturated carbocycles. The highest BCUT2D eigenvalue weighted by atomic mass is 32.1. The van der Waals surface area contributed by atoms with E-state index in [9.17, 15) is 19.2 Å². The van der Waals surface area contributed by atoms with Gasteiger partial charge in [0.2, 0.25) is 11.8 Å². The molecule has 0 fully saturated rings. The highest BCUT2D eigenvalue weighted by Crippen LogP contribution is 2.15. The number of fused-ring (bicyclic) bond motifs is 1. The standard InChI is InChI=1S/C21H26N4O5S/c1-3-23(4-2)18(27)14-25-16-9-12-31-19(16)20(28)24(21(25)29)10-5-8-17(26)22-13-15-7-6-11-30-15/h6-7,9,11-12H,3-5,8,10,13-14H2,1-2H3,(H,22,26). The van der Waals surface area contributed by atoms with E-state index >= 15 is 0 Å². The molecule has 3 rings (SSSR count). The zero-order valence-corrected chi connectivity index (χ0v) is 18.4. The van der Waals surface area contributed by atoms with Crippen LogP contribution in [0.4, 0.5) is 0 Å². The van der Waals surface area contributed by atoms with Crippen LogP contribution in [0.15, 0.2) is 43.8 Å². The van der Waals surface area contributed by atoms with Gasteiger partial charge < -0.3 is 14.6 Å². The lowest BCUT2D eigenvalue weighted by atomic mass is 10.3. The smallest absolute Gasteiger partial charge is 0.332 e. The zero-order chi connectivity index (χ0) is 22.4. The number of thiophene rings is 1. The Morgan fingerprint density at radius 3 is 2.61 bits per heavy atom. The van der Waals surface area contributed by atoms with Gasteiger partial charge in [0, 0.05) is 26.1 Å². The van der Waals surface area contributed by atoms with Gasteiger partial charge in [-0.3, -0.25) is 23.5 Å². The molecule has 0 unspecified atom stereocenters. The summed E-state index contributed by atoms with van der Waals surface area (Å²) >= 11 is 1.24. The third kappa shape index (κ3) is 5.13. The molecular weight excluding hydrogens is 420 g/mol. The number of furan rings is 1. The summed E-state index contributed by atoms with van der Waals surface area (Å²) in [4.78, 5) is 52.1. The minimum atomic E-state index is -0.535. The normalized spacial score (nSPS) is 11.0. The molecule has 3 aromatic heterocycles. The highest BCUT2D eigenvalue weighted by Gasteiger charge is 2.18. The fourth-order valence-electron chi connectivity index (χ4n) is 3.38. The van der Waals surface area contributed by atoms with E-state index in [-0.39, 0.29) is 37.9 Å². The Morgan fingerprint density at radius 2 is 1.94 bits per heavy atom. The van der Waals surface area contributed by atoms with Crippen molar-refractivity contribution in [1.29, 1.82) is 0 Å². The van der Waals surface area contributed by atoms with Crippen molar-refractivity contribution < 1.29 is 14.0 Å². The first-order valence-corrected chi connectivity index (χ1v) is 11.1. The van der Waals surface area contributed by atoms with Gasteiger partial charge in [-0.25, -0.2) is 4.79 Å². The molecule has 0 saturated heterocycles. The van der Waals surface area contributed by atoms with Crippen molar-refractivity contribution in [1.82, 2.24) is 19.4 Å². The van der Waals surface area contributed by atoms with Gasteiger partial charge in [0.1, 0.15) is 17.0 Å². The molecule has 9 nitrogen and oxygen atoms in total. The van der Waals surface area contributed by atoms with Crippen molar-refractivity contribution in [2.75, 3.05) is 13.1 Å². The molecule has 0 bridgehead atoms. The SMILES string of the molecule is CCN(CC)C(=O)Cn1c(=O)n(CCCC(=O)NCc2ccco2)c(=O)c2sccc21. The number of hydrogen-bond donors (Lipinski definition) is 1. The van der Waals surface area contributed by atoms with Gasteiger partial charge in [-0.2, -0.15) is 0 Å². The topological polar surface area (TPSA) is 107 Å². The number of nitrogens with one attached hydrogen (secondary N) is 1. The van der Waals surface area contributed by atoms with Crippen molar-refractivity contribution in [3.63, 3.8) is 0 Å². The van der Waals surface area contributed by atoms with Crippen molar-refractivity contribution >= 4 is 33.4 Å². The first-order chi connectivity index (χ1) is 15.0. The largest absolute Gasteiger partial charge is 0.467 e. The number of nitrogens with zero attached hydrogens (tertiary/aromatic N) is 3. The Kier molecular flexibility index (Phi) is 7.45. The summed E-state index contributed by atoms with van der Waals surface area (Å²) in [5.74, 6) is 0.272. The third-order valence-corrected chi connectivity index (χ3v) is 5.96. The Bertz CT molecular complexity index is 1150. The van der Waals surface area contributed by atoms with Crippen LogP contribution >= 0.6 is 11.3 Å². The van der Waals surface area contributed by atoms with E-state index in [1.807, 2.05) is 13.8 Å². The minimum Gasteiger partial charge on any atom is -0.467 e. The second-order valence-electron chi connectivity index (χ2n) is 6.99. The second kappa shape index (κ2) is 10.3. The van der Waals surface area contributed by atoms with Crippen LogP contribution in [0.25, 0.3) is 10.2 Å². The van der Waals surface area contributed by atoms with Crippen LogP contribution in [-0.4, -0.2) is 38.9 Å². The van der Waals surface area contributed by atoms with Crippen LogP contribution < -0.4 is 16.6 Å². The number of aromatic nitrogens is 2. The van der Waals surface area contributed by atoms with Crippen LogP contribution in [0.2, 0.25) is 0 Å². The highest BCUT2D eigenvalue weighted by molar-refractivity contribution is 7.17. The summed E-state index contributed by atoms with van der Waals surface area (Å²) in [6.45, 7) is 5.10. The van der Waals surface area contributed by atoms with Gasteiger partial charge in [-0.05, 0) is 43.8 Å². The Hall–Kier alpha value is -3.14. The molecule has 1 N–H and O–H groups in total. The summed E-state index contributed by atoms with van der Waals surface area (Å²) in [6.07, 6.45) is 2.01. The fraction of sp³-hybridized carbons (Fsp3) is 0.429. The lowest BCUT2D eigenvalue weighted by Gasteiger charge is -2.20. The van der Waals surface area contributed by atoms with E-state index in [1.165, 1.54) is 22.2 Å². The van der Waals surface area contributed by atoms with Gasteiger partial charge in [0.05, 0.1) is 18.3 Å². The molecule has 0 radical (unpaired) electrons. The molecule has 0 atom stereocenters. The van der Waals surface area contributed by atoms with Crippen molar-refractivity contribution in [3.8, 4) is 0 Å². The monoisotopic (exact) mass is 446 g/mol. The van der Waals surface area contributed by atoms with E-state index in [2.05, 4.69) is 5.32 Å². The van der Waals surface area contributed by atoms with E-state index in [4.69, 9.17) is 4.42 Å². The minimum absolute atomic E-state index is 0.0964. The molecule has 0 aliphatic heterocycles. The summed E-state index contributed by atoms with van der Waals surface area (Å²) in [7, 11) is 0. The van der Waals surface area contributed by atoms with E-state index < -0.39 is 11.2 Å². The predicted molar refractivity (Wildman–Crippen MR) is 118 cm³/mol. The second-order valence-corrected chi connectivity index (χ2v) is 7.90. The first kappa shape index (κ1) is 22.5.